The molecule has 0 fully saturated rings. The summed E-state index contributed by atoms with van der Waals surface area (Å²) in [5.41, 5.74) is 0. The number of pyridine rings is 1. The minimum Gasteiger partial charge on any atom is -0.386 e. The first-order chi connectivity index (χ1) is 18.7. The third-order valence-corrected chi connectivity index (χ3v) is 9.05. The van der Waals surface area contributed by atoms with E-state index in [4.69, 9.17) is 13.6 Å². The van der Waals surface area contributed by atoms with Gasteiger partial charge in [-0.25, -0.2) is 4.98 Å². The fraction of sp³-hybridized carbons (Fsp3) is 0.0333. The van der Waals surface area contributed by atoms with Gasteiger partial charge in [0.2, 0.25) is 0 Å². The molecule has 0 radical (unpaired) electrons. The average Bonchev–Trinajstić information content (AvgIpc) is 2.96. The Hall–Kier alpha value is -4.11. The molecule has 0 bridgehead atoms. The molecule has 5 aromatic rings. The molecule has 1 aromatic heterocycles. The highest BCUT2D eigenvalue weighted by atomic mass is 31.2. The third-order valence-electron chi connectivity index (χ3n) is 5.44. The zero-order valence-electron chi connectivity index (χ0n) is 20.5. The second kappa shape index (κ2) is 12.4. The van der Waals surface area contributed by atoms with Gasteiger partial charge in [-0.2, -0.15) is 4.57 Å². The lowest BCUT2D eigenvalue weighted by Gasteiger charge is -2.22. The normalized spacial score (nSPS) is 11.1. The predicted octanol–water partition coefficient (Wildman–Crippen LogP) is 7.23. The van der Waals surface area contributed by atoms with Crippen LogP contribution in [0.25, 0.3) is 0 Å². The minimum atomic E-state index is -4.15. The molecule has 0 amide bonds. The number of phosphoric ester groups is 1. The molecule has 0 saturated carbocycles. The molecule has 38 heavy (non-hydrogen) atoms. The molecule has 5 rings (SSSR count). The van der Waals surface area contributed by atoms with Gasteiger partial charge in [0, 0.05) is 12.5 Å². The molecule has 1 N–H and O–H groups in total. The largest absolute Gasteiger partial charge is 0.647 e. The maximum atomic E-state index is 13.9. The van der Waals surface area contributed by atoms with Crippen molar-refractivity contribution in [2.45, 2.75) is 0 Å². The topological polar surface area (TPSA) is 69.7 Å². The number of aromatic nitrogens is 1. The predicted molar refractivity (Wildman–Crippen MR) is 154 cm³/mol. The maximum Gasteiger partial charge on any atom is 0.647 e. The molecular weight excluding hydrogens is 514 g/mol. The Kier molecular flexibility index (Phi) is 8.35. The molecule has 6 nitrogen and oxygen atoms in total. The Balaban J connectivity index is 1.41. The number of phosphoric acid groups is 1. The van der Waals surface area contributed by atoms with Crippen LogP contribution in [-0.4, -0.2) is 11.3 Å². The molecule has 0 spiro atoms. The second-order valence-corrected chi connectivity index (χ2v) is 11.8. The summed E-state index contributed by atoms with van der Waals surface area (Å²) in [6, 6.07) is 41.7. The SMILES string of the molecule is O=P(Oc1ccccc1)(Oc1ccccc1)Oc1cccnc1NCP(c1ccccc1)c1ccccc1. The smallest absolute Gasteiger partial charge is 0.386 e. The lowest BCUT2D eigenvalue weighted by atomic mass is 10.3. The van der Waals surface area contributed by atoms with Crippen LogP contribution in [0.15, 0.2) is 140 Å². The molecule has 0 saturated heterocycles. The van der Waals surface area contributed by atoms with Gasteiger partial charge in [-0.05, 0) is 54.9 Å². The van der Waals surface area contributed by atoms with Gasteiger partial charge in [-0.1, -0.05) is 97.1 Å². The van der Waals surface area contributed by atoms with E-state index in [1.807, 2.05) is 48.5 Å². The highest BCUT2D eigenvalue weighted by Crippen LogP contribution is 2.51. The van der Waals surface area contributed by atoms with Crippen LogP contribution in [0, 0.1) is 0 Å². The van der Waals surface area contributed by atoms with E-state index in [0.29, 0.717) is 23.6 Å². The third kappa shape index (κ3) is 6.80. The van der Waals surface area contributed by atoms with E-state index in [1.54, 1.807) is 66.9 Å². The van der Waals surface area contributed by atoms with Gasteiger partial charge in [-0.3, -0.25) is 0 Å². The molecule has 0 atom stereocenters. The molecule has 4 aromatic carbocycles. The Bertz CT molecular complexity index is 1390. The first-order valence-corrected chi connectivity index (χ1v) is 15.0. The minimum absolute atomic E-state index is 0.263. The first-order valence-electron chi connectivity index (χ1n) is 12.0. The van der Waals surface area contributed by atoms with E-state index in [0.717, 1.165) is 0 Å². The van der Waals surface area contributed by atoms with Gasteiger partial charge in [0.25, 0.3) is 0 Å². The van der Waals surface area contributed by atoms with Crippen LogP contribution in [0.5, 0.6) is 17.2 Å². The van der Waals surface area contributed by atoms with Crippen molar-refractivity contribution in [2.75, 3.05) is 11.6 Å². The number of nitrogens with zero attached hydrogens (tertiary/aromatic N) is 1. The number of anilines is 1. The van der Waals surface area contributed by atoms with Crippen molar-refractivity contribution in [3.8, 4) is 17.2 Å². The Labute approximate surface area is 223 Å². The zero-order valence-corrected chi connectivity index (χ0v) is 22.2. The van der Waals surface area contributed by atoms with Crippen molar-refractivity contribution < 1.29 is 18.1 Å². The van der Waals surface area contributed by atoms with Crippen LogP contribution in [0.3, 0.4) is 0 Å². The maximum absolute atomic E-state index is 13.9. The summed E-state index contributed by atoms with van der Waals surface area (Å²) in [6.45, 7) is 0. The average molecular weight is 540 g/mol. The van der Waals surface area contributed by atoms with Crippen LogP contribution in [0.4, 0.5) is 5.82 Å². The molecule has 1 heterocycles. The van der Waals surface area contributed by atoms with Crippen LogP contribution in [0.1, 0.15) is 0 Å². The summed E-state index contributed by atoms with van der Waals surface area (Å²) >= 11 is 0. The molecule has 8 heteroatoms. The Morgan fingerprint density at radius 2 is 1.08 bits per heavy atom. The van der Waals surface area contributed by atoms with Gasteiger partial charge in [0.05, 0.1) is 0 Å². The highest BCUT2D eigenvalue weighted by molar-refractivity contribution is 7.73. The first kappa shape index (κ1) is 25.5. The van der Waals surface area contributed by atoms with Crippen molar-refractivity contribution in [3.05, 3.63) is 140 Å². The molecule has 0 aliphatic rings. The van der Waals surface area contributed by atoms with E-state index >= 15 is 0 Å². The van der Waals surface area contributed by atoms with E-state index in [2.05, 4.69) is 34.6 Å². The van der Waals surface area contributed by atoms with Crippen LogP contribution in [0.2, 0.25) is 0 Å². The summed E-state index contributed by atoms with van der Waals surface area (Å²) in [6.07, 6.45) is 2.25. The quantitative estimate of drug-likeness (QED) is 0.178. The summed E-state index contributed by atoms with van der Waals surface area (Å²) in [4.78, 5) is 4.48. The second-order valence-electron chi connectivity index (χ2n) is 8.13. The van der Waals surface area contributed by atoms with Gasteiger partial charge in [0.15, 0.2) is 11.6 Å². The standard InChI is InChI=1S/C30H26N2O4P2/c33-38(34-25-14-5-1-6-15-25,35-26-16-7-2-8-17-26)36-29-22-13-23-31-30(29)32-24-37(27-18-9-3-10-19-27)28-20-11-4-12-21-28/h1-23H,24H2,(H,31,32). The van der Waals surface area contributed by atoms with Crippen molar-refractivity contribution in [2.24, 2.45) is 0 Å². The van der Waals surface area contributed by atoms with Crippen molar-refractivity contribution >= 4 is 32.2 Å². The fourth-order valence-corrected chi connectivity index (χ4v) is 6.99. The fourth-order valence-electron chi connectivity index (χ4n) is 3.70. The van der Waals surface area contributed by atoms with Gasteiger partial charge >= 0.3 is 7.82 Å². The summed E-state index contributed by atoms with van der Waals surface area (Å²) < 4.78 is 31.5. The van der Waals surface area contributed by atoms with E-state index in [9.17, 15) is 4.57 Å². The number of benzene rings is 4. The summed E-state index contributed by atoms with van der Waals surface area (Å²) in [7, 11) is -4.89. The Morgan fingerprint density at radius 3 is 1.58 bits per heavy atom. The van der Waals surface area contributed by atoms with Crippen LogP contribution >= 0.6 is 15.7 Å². The number of nitrogens with one attached hydrogen (secondary N) is 1. The number of para-hydroxylation sites is 2. The van der Waals surface area contributed by atoms with Crippen LogP contribution in [-0.2, 0) is 4.57 Å². The van der Waals surface area contributed by atoms with Gasteiger partial charge < -0.3 is 18.9 Å². The zero-order chi connectivity index (χ0) is 26.0. The molecule has 190 valence electrons. The number of rotatable bonds is 11. The molecule has 0 unspecified atom stereocenters. The summed E-state index contributed by atoms with van der Waals surface area (Å²) in [5, 5.41) is 5.87. The van der Waals surface area contributed by atoms with E-state index in [1.165, 1.54) is 10.6 Å². The molecule has 0 aliphatic carbocycles. The summed E-state index contributed by atoms with van der Waals surface area (Å²) in [5.74, 6) is 1.43. The van der Waals surface area contributed by atoms with E-state index < -0.39 is 15.7 Å². The van der Waals surface area contributed by atoms with Crippen LogP contribution < -0.4 is 29.5 Å². The van der Waals surface area contributed by atoms with Crippen molar-refractivity contribution in [1.29, 1.82) is 0 Å². The van der Waals surface area contributed by atoms with E-state index in [-0.39, 0.29) is 5.75 Å². The highest BCUT2D eigenvalue weighted by Gasteiger charge is 2.34. The van der Waals surface area contributed by atoms with Crippen molar-refractivity contribution in [3.63, 3.8) is 0 Å². The lowest BCUT2D eigenvalue weighted by Crippen LogP contribution is -2.18. The van der Waals surface area contributed by atoms with Crippen molar-refractivity contribution in [1.82, 2.24) is 4.98 Å². The molecular formula is C30H26N2O4P2. The Morgan fingerprint density at radius 1 is 0.605 bits per heavy atom. The van der Waals surface area contributed by atoms with Gasteiger partial charge in [-0.15, -0.1) is 0 Å². The number of hydrogen-bond acceptors (Lipinski definition) is 6. The van der Waals surface area contributed by atoms with Gasteiger partial charge in [0.1, 0.15) is 11.5 Å². The number of hydrogen-bond donors (Lipinski definition) is 1. The monoisotopic (exact) mass is 540 g/mol. The molecule has 0 aliphatic heterocycles. The lowest BCUT2D eigenvalue weighted by molar-refractivity contribution is 0.298.